The molecular formula is C14H16F3N3O4. The summed E-state index contributed by atoms with van der Waals surface area (Å²) in [7, 11) is 0. The van der Waals surface area contributed by atoms with Gasteiger partial charge in [-0.2, -0.15) is 13.2 Å². The van der Waals surface area contributed by atoms with Gasteiger partial charge in [-0.05, 0) is 31.6 Å². The molecule has 0 amide bonds. The third kappa shape index (κ3) is 3.26. The molecule has 0 heterocycles. The number of hydrogen-bond acceptors (Lipinski definition) is 5. The fraction of sp³-hybridized carbons (Fsp3) is 0.571. The minimum atomic E-state index is -5.07. The van der Waals surface area contributed by atoms with Crippen LogP contribution in [-0.2, 0) is 19.0 Å². The Morgan fingerprint density at radius 2 is 1.67 bits per heavy atom. The van der Waals surface area contributed by atoms with E-state index in [1.807, 2.05) is 0 Å². The molecule has 0 aromatic heterocycles. The van der Waals surface area contributed by atoms with Crippen LogP contribution < -0.4 is 5.73 Å². The number of nitro groups is 2. The molecule has 0 saturated heterocycles. The molecule has 132 valence electrons. The van der Waals surface area contributed by atoms with Crippen LogP contribution >= 0.6 is 0 Å². The number of nitro benzene ring substituents is 2. The average molecular weight is 347 g/mol. The Balaban J connectivity index is 2.92. The third-order valence-corrected chi connectivity index (χ3v) is 4.03. The Hall–Kier alpha value is -2.39. The number of anilines is 1. The quantitative estimate of drug-likeness (QED) is 0.474. The molecule has 1 aromatic carbocycles. The highest BCUT2D eigenvalue weighted by Gasteiger charge is 2.47. The summed E-state index contributed by atoms with van der Waals surface area (Å²) in [5.74, 6) is -0.0680. The minimum absolute atomic E-state index is 0.0547. The van der Waals surface area contributed by atoms with Gasteiger partial charge in [0.15, 0.2) is 5.56 Å². The number of nitrogens with two attached hydrogens (primary N) is 1. The molecule has 24 heavy (non-hydrogen) atoms. The Kier molecular flexibility index (Phi) is 4.68. The number of hydrogen-bond donors (Lipinski definition) is 1. The Bertz CT molecular complexity index is 700. The largest absolute Gasteiger partial charge is 0.425 e. The van der Waals surface area contributed by atoms with Gasteiger partial charge in [0, 0.05) is 0 Å². The first-order valence-corrected chi connectivity index (χ1v) is 7.42. The van der Waals surface area contributed by atoms with Gasteiger partial charge in [0.25, 0.3) is 11.4 Å². The lowest BCUT2D eigenvalue weighted by molar-refractivity contribution is -0.397. The van der Waals surface area contributed by atoms with Crippen LogP contribution in [0, 0.1) is 26.1 Å². The Morgan fingerprint density at radius 1 is 1.12 bits per heavy atom. The van der Waals surface area contributed by atoms with E-state index in [2.05, 4.69) is 0 Å². The number of alkyl halides is 3. The normalized spacial score (nSPS) is 14.7. The summed E-state index contributed by atoms with van der Waals surface area (Å²) in [4.78, 5) is 20.7. The fourth-order valence-electron chi connectivity index (χ4n) is 2.87. The van der Waals surface area contributed by atoms with Crippen LogP contribution in [0.5, 0.6) is 0 Å². The molecule has 0 unspecified atom stereocenters. The molecule has 10 heteroatoms. The summed E-state index contributed by atoms with van der Waals surface area (Å²) in [6.07, 6.45) is -3.55. The first-order valence-electron chi connectivity index (χ1n) is 7.42. The third-order valence-electron chi connectivity index (χ3n) is 4.03. The lowest BCUT2D eigenvalue weighted by Gasteiger charge is -2.17. The Labute approximate surface area is 134 Å². The predicted octanol–water partition coefficient (Wildman–Crippen LogP) is 4.01. The summed E-state index contributed by atoms with van der Waals surface area (Å²) in [5.41, 5.74) is 0.387. The van der Waals surface area contributed by atoms with E-state index in [0.717, 1.165) is 0 Å². The second-order valence-corrected chi connectivity index (χ2v) is 5.85. The van der Waals surface area contributed by atoms with E-state index >= 15 is 0 Å². The number of rotatable bonds is 6. The molecule has 1 aliphatic rings. The van der Waals surface area contributed by atoms with Crippen molar-refractivity contribution in [1.29, 1.82) is 0 Å². The highest BCUT2D eigenvalue weighted by Crippen LogP contribution is 2.50. The molecule has 2 N–H and O–H groups in total. The zero-order valence-electron chi connectivity index (χ0n) is 12.9. The molecule has 0 atom stereocenters. The van der Waals surface area contributed by atoms with E-state index in [-0.39, 0.29) is 24.3 Å². The summed E-state index contributed by atoms with van der Waals surface area (Å²) >= 11 is 0. The summed E-state index contributed by atoms with van der Waals surface area (Å²) in [6.45, 7) is 1.64. The van der Waals surface area contributed by atoms with E-state index in [0.29, 0.717) is 19.3 Å². The van der Waals surface area contributed by atoms with Crippen LogP contribution in [0.2, 0.25) is 0 Å². The van der Waals surface area contributed by atoms with Gasteiger partial charge in [-0.25, -0.2) is 0 Å². The van der Waals surface area contributed by atoms with Crippen molar-refractivity contribution in [3.8, 4) is 0 Å². The van der Waals surface area contributed by atoms with E-state index < -0.39 is 44.2 Å². The summed E-state index contributed by atoms with van der Waals surface area (Å²) < 4.78 is 40.2. The van der Waals surface area contributed by atoms with E-state index in [1.54, 1.807) is 6.92 Å². The van der Waals surface area contributed by atoms with Crippen molar-refractivity contribution in [1.82, 2.24) is 0 Å². The van der Waals surface area contributed by atoms with Gasteiger partial charge in [-0.3, -0.25) is 20.2 Å². The maximum atomic E-state index is 13.4. The molecule has 1 aliphatic carbocycles. The van der Waals surface area contributed by atoms with Crippen molar-refractivity contribution in [2.75, 3.05) is 5.73 Å². The molecule has 0 spiro atoms. The zero-order valence-corrected chi connectivity index (χ0v) is 12.9. The maximum Gasteiger partial charge on any atom is 0.425 e. The van der Waals surface area contributed by atoms with Crippen LogP contribution in [0.25, 0.3) is 0 Å². The minimum Gasteiger partial charge on any atom is -0.398 e. The second-order valence-electron chi connectivity index (χ2n) is 5.85. The SMILES string of the molecule is CCCc1c(N)c(C(F)(F)F)c([N+](=O)[O-])c(CC2CC2)c1[N+](=O)[O-]. The van der Waals surface area contributed by atoms with Crippen LogP contribution in [0.4, 0.5) is 30.2 Å². The fourth-order valence-corrected chi connectivity index (χ4v) is 2.87. The first kappa shape index (κ1) is 18.0. The Morgan fingerprint density at radius 3 is 2.04 bits per heavy atom. The molecule has 0 bridgehead atoms. The predicted molar refractivity (Wildman–Crippen MR) is 79.6 cm³/mol. The van der Waals surface area contributed by atoms with Crippen molar-refractivity contribution in [2.24, 2.45) is 5.92 Å². The molecule has 1 fully saturated rings. The van der Waals surface area contributed by atoms with Crippen molar-refractivity contribution < 1.29 is 23.0 Å². The van der Waals surface area contributed by atoms with Gasteiger partial charge in [0.2, 0.25) is 0 Å². The van der Waals surface area contributed by atoms with Crippen molar-refractivity contribution in [2.45, 2.75) is 45.2 Å². The van der Waals surface area contributed by atoms with E-state index in [9.17, 15) is 33.4 Å². The van der Waals surface area contributed by atoms with Crippen LogP contribution in [0.3, 0.4) is 0 Å². The zero-order chi connectivity index (χ0) is 18.2. The van der Waals surface area contributed by atoms with E-state index in [1.165, 1.54) is 0 Å². The standard InChI is InChI=1S/C14H16F3N3O4/c1-2-3-8-11(18)10(14(15,16)17)13(20(23)24)9(6-7-4-5-7)12(8)19(21)22/h7H,2-6,18H2,1H3. The van der Waals surface area contributed by atoms with Crippen LogP contribution in [0.1, 0.15) is 42.9 Å². The number of halogens is 3. The van der Waals surface area contributed by atoms with E-state index in [4.69, 9.17) is 5.73 Å². The lowest BCUT2D eigenvalue weighted by atomic mass is 9.91. The van der Waals surface area contributed by atoms with Gasteiger partial charge in [-0.1, -0.05) is 13.3 Å². The van der Waals surface area contributed by atoms with Gasteiger partial charge >= 0.3 is 6.18 Å². The van der Waals surface area contributed by atoms with Crippen molar-refractivity contribution >= 4 is 17.1 Å². The summed E-state index contributed by atoms with van der Waals surface area (Å²) in [5, 5.41) is 22.8. The van der Waals surface area contributed by atoms with Crippen molar-refractivity contribution in [3.63, 3.8) is 0 Å². The number of nitrogen functional groups attached to an aromatic ring is 1. The highest BCUT2D eigenvalue weighted by atomic mass is 19.4. The molecule has 7 nitrogen and oxygen atoms in total. The summed E-state index contributed by atoms with van der Waals surface area (Å²) in [6, 6.07) is 0. The smallest absolute Gasteiger partial charge is 0.398 e. The van der Waals surface area contributed by atoms with Gasteiger partial charge < -0.3 is 5.73 Å². The van der Waals surface area contributed by atoms with Gasteiger partial charge in [-0.15, -0.1) is 0 Å². The lowest BCUT2D eigenvalue weighted by Crippen LogP contribution is -2.18. The van der Waals surface area contributed by atoms with Gasteiger partial charge in [0.1, 0.15) is 5.56 Å². The number of nitrogens with zero attached hydrogens (tertiary/aromatic N) is 2. The van der Waals surface area contributed by atoms with Crippen molar-refractivity contribution in [3.05, 3.63) is 36.9 Å². The molecule has 0 radical (unpaired) electrons. The van der Waals surface area contributed by atoms with Crippen LogP contribution in [-0.4, -0.2) is 9.85 Å². The highest BCUT2D eigenvalue weighted by molar-refractivity contribution is 5.75. The first-order chi connectivity index (χ1) is 11.1. The molecule has 0 aliphatic heterocycles. The van der Waals surface area contributed by atoms with Crippen LogP contribution in [0.15, 0.2) is 0 Å². The molecular weight excluding hydrogens is 331 g/mol. The molecule has 2 rings (SSSR count). The number of benzene rings is 1. The molecule has 1 saturated carbocycles. The molecule has 1 aromatic rings. The maximum absolute atomic E-state index is 13.4. The topological polar surface area (TPSA) is 112 Å². The second kappa shape index (κ2) is 6.25. The average Bonchev–Trinajstić information content (AvgIpc) is 3.23. The monoisotopic (exact) mass is 347 g/mol. The van der Waals surface area contributed by atoms with Gasteiger partial charge in [0.05, 0.1) is 21.1 Å².